The Morgan fingerprint density at radius 3 is 2.24 bits per heavy atom. The molecule has 1 aromatic heterocycles. The third kappa shape index (κ3) is 3.16. The molecule has 0 aliphatic heterocycles. The average Bonchev–Trinajstić information content (AvgIpc) is 2.29. The first-order valence-electron chi connectivity index (χ1n) is 6.06. The molecule has 2 rings (SSSR count). The van der Waals surface area contributed by atoms with E-state index in [1.807, 2.05) is 6.07 Å². The molecule has 2 aromatic rings. The van der Waals surface area contributed by atoms with Gasteiger partial charge in [0.15, 0.2) is 0 Å². The Balaban J connectivity index is 2.23. The van der Waals surface area contributed by atoms with Crippen molar-refractivity contribution in [3.63, 3.8) is 0 Å². The zero-order valence-corrected chi connectivity index (χ0v) is 10.8. The summed E-state index contributed by atoms with van der Waals surface area (Å²) in [7, 11) is 0. The molecular formula is C16H19N. The molecule has 0 atom stereocenters. The van der Waals surface area contributed by atoms with Crippen LogP contribution >= 0.6 is 0 Å². The summed E-state index contributed by atoms with van der Waals surface area (Å²) < 4.78 is 0. The standard InChI is InChI=1S/C16H19N/c1-16(2,3)15-11-7-10-14(17-15)12-13-8-5-4-6-9-13/h4-11H,12H2,1-3H3. The fraction of sp³-hybridized carbons (Fsp3) is 0.312. The minimum absolute atomic E-state index is 0.118. The highest BCUT2D eigenvalue weighted by molar-refractivity contribution is 5.24. The topological polar surface area (TPSA) is 12.9 Å². The van der Waals surface area contributed by atoms with E-state index in [-0.39, 0.29) is 5.41 Å². The summed E-state index contributed by atoms with van der Waals surface area (Å²) in [4.78, 5) is 4.74. The van der Waals surface area contributed by atoms with Crippen LogP contribution in [0.1, 0.15) is 37.7 Å². The lowest BCUT2D eigenvalue weighted by molar-refractivity contribution is 0.566. The van der Waals surface area contributed by atoms with Crippen molar-refractivity contribution < 1.29 is 0 Å². The summed E-state index contributed by atoms with van der Waals surface area (Å²) in [5, 5.41) is 0. The zero-order valence-electron chi connectivity index (χ0n) is 10.8. The first-order chi connectivity index (χ1) is 8.05. The van der Waals surface area contributed by atoms with Crippen molar-refractivity contribution in [3.8, 4) is 0 Å². The Bertz CT molecular complexity index is 480. The molecular weight excluding hydrogens is 206 g/mol. The Morgan fingerprint density at radius 2 is 1.59 bits per heavy atom. The van der Waals surface area contributed by atoms with Gasteiger partial charge in [-0.25, -0.2) is 0 Å². The van der Waals surface area contributed by atoms with E-state index in [0.717, 1.165) is 17.8 Å². The van der Waals surface area contributed by atoms with E-state index in [9.17, 15) is 0 Å². The van der Waals surface area contributed by atoms with Crippen LogP contribution in [-0.4, -0.2) is 4.98 Å². The second-order valence-corrected chi connectivity index (χ2v) is 5.43. The van der Waals surface area contributed by atoms with Gasteiger partial charge in [0.25, 0.3) is 0 Å². The lowest BCUT2D eigenvalue weighted by Crippen LogP contribution is -2.14. The lowest BCUT2D eigenvalue weighted by Gasteiger charge is -2.18. The van der Waals surface area contributed by atoms with E-state index >= 15 is 0 Å². The van der Waals surface area contributed by atoms with Crippen molar-refractivity contribution in [1.82, 2.24) is 4.98 Å². The quantitative estimate of drug-likeness (QED) is 0.753. The summed E-state index contributed by atoms with van der Waals surface area (Å²) >= 11 is 0. The van der Waals surface area contributed by atoms with Crippen molar-refractivity contribution >= 4 is 0 Å². The molecule has 0 radical (unpaired) electrons. The molecule has 0 saturated carbocycles. The normalized spacial score (nSPS) is 11.5. The molecule has 0 aliphatic carbocycles. The predicted molar refractivity (Wildman–Crippen MR) is 72.2 cm³/mol. The van der Waals surface area contributed by atoms with Gasteiger partial charge in [-0.2, -0.15) is 0 Å². The Hall–Kier alpha value is -1.63. The number of nitrogens with zero attached hydrogens (tertiary/aromatic N) is 1. The maximum absolute atomic E-state index is 4.74. The van der Waals surface area contributed by atoms with E-state index < -0.39 is 0 Å². The lowest BCUT2D eigenvalue weighted by atomic mass is 9.91. The first kappa shape index (κ1) is 11.8. The van der Waals surface area contributed by atoms with Crippen LogP contribution in [0.2, 0.25) is 0 Å². The van der Waals surface area contributed by atoms with Gasteiger partial charge < -0.3 is 0 Å². The number of hydrogen-bond acceptors (Lipinski definition) is 1. The molecule has 88 valence electrons. The van der Waals surface area contributed by atoms with Gasteiger partial charge in [-0.15, -0.1) is 0 Å². The number of pyridine rings is 1. The molecule has 0 aliphatic rings. The van der Waals surface area contributed by atoms with Crippen molar-refractivity contribution in [1.29, 1.82) is 0 Å². The Morgan fingerprint density at radius 1 is 0.882 bits per heavy atom. The Labute approximate surface area is 104 Å². The largest absolute Gasteiger partial charge is 0.257 e. The van der Waals surface area contributed by atoms with Gasteiger partial charge in [-0.1, -0.05) is 57.2 Å². The van der Waals surface area contributed by atoms with E-state index in [1.54, 1.807) is 0 Å². The Kier molecular flexibility index (Phi) is 3.28. The molecule has 1 heteroatoms. The van der Waals surface area contributed by atoms with Gasteiger partial charge in [0.2, 0.25) is 0 Å². The molecule has 0 N–H and O–H groups in total. The van der Waals surface area contributed by atoms with Crippen LogP contribution in [0.15, 0.2) is 48.5 Å². The van der Waals surface area contributed by atoms with Gasteiger partial charge in [-0.3, -0.25) is 4.98 Å². The van der Waals surface area contributed by atoms with Crippen molar-refractivity contribution in [3.05, 3.63) is 65.5 Å². The van der Waals surface area contributed by atoms with E-state index in [0.29, 0.717) is 0 Å². The summed E-state index contributed by atoms with van der Waals surface area (Å²) in [6.45, 7) is 6.59. The molecule has 17 heavy (non-hydrogen) atoms. The smallest absolute Gasteiger partial charge is 0.0460 e. The van der Waals surface area contributed by atoms with Gasteiger partial charge in [-0.05, 0) is 17.7 Å². The van der Waals surface area contributed by atoms with Gasteiger partial charge in [0, 0.05) is 23.2 Å². The summed E-state index contributed by atoms with van der Waals surface area (Å²) in [6.07, 6.45) is 0.908. The fourth-order valence-corrected chi connectivity index (χ4v) is 1.80. The monoisotopic (exact) mass is 225 g/mol. The van der Waals surface area contributed by atoms with Crippen LogP contribution in [0.5, 0.6) is 0 Å². The molecule has 0 saturated heterocycles. The highest BCUT2D eigenvalue weighted by Crippen LogP contribution is 2.20. The number of benzene rings is 1. The number of hydrogen-bond donors (Lipinski definition) is 0. The molecule has 1 nitrogen and oxygen atoms in total. The fourth-order valence-electron chi connectivity index (χ4n) is 1.80. The molecule has 1 aromatic carbocycles. The van der Waals surface area contributed by atoms with Gasteiger partial charge >= 0.3 is 0 Å². The van der Waals surface area contributed by atoms with Gasteiger partial charge in [0.05, 0.1) is 0 Å². The SMILES string of the molecule is CC(C)(C)c1cccc(Cc2ccccc2)n1. The van der Waals surface area contributed by atoms with Gasteiger partial charge in [0.1, 0.15) is 0 Å². The van der Waals surface area contributed by atoms with Crippen molar-refractivity contribution in [2.24, 2.45) is 0 Å². The second-order valence-electron chi connectivity index (χ2n) is 5.43. The first-order valence-corrected chi connectivity index (χ1v) is 6.06. The van der Waals surface area contributed by atoms with Crippen LogP contribution in [0.3, 0.4) is 0 Å². The maximum Gasteiger partial charge on any atom is 0.0460 e. The molecule has 0 fully saturated rings. The van der Waals surface area contributed by atoms with Crippen molar-refractivity contribution in [2.75, 3.05) is 0 Å². The minimum Gasteiger partial charge on any atom is -0.257 e. The minimum atomic E-state index is 0.118. The molecule has 0 bridgehead atoms. The molecule has 0 spiro atoms. The van der Waals surface area contributed by atoms with Crippen LogP contribution in [0.4, 0.5) is 0 Å². The van der Waals surface area contributed by atoms with E-state index in [2.05, 4.69) is 63.2 Å². The zero-order chi connectivity index (χ0) is 12.3. The molecule has 0 unspecified atom stereocenters. The predicted octanol–water partition coefficient (Wildman–Crippen LogP) is 3.97. The third-order valence-electron chi connectivity index (χ3n) is 2.80. The van der Waals surface area contributed by atoms with Crippen LogP contribution in [0.25, 0.3) is 0 Å². The molecule has 1 heterocycles. The highest BCUT2D eigenvalue weighted by atomic mass is 14.7. The van der Waals surface area contributed by atoms with Crippen LogP contribution in [-0.2, 0) is 11.8 Å². The summed E-state index contributed by atoms with van der Waals surface area (Å²) in [6, 6.07) is 16.8. The second kappa shape index (κ2) is 4.70. The summed E-state index contributed by atoms with van der Waals surface area (Å²) in [5.74, 6) is 0. The maximum atomic E-state index is 4.74. The van der Waals surface area contributed by atoms with Crippen LogP contribution in [0, 0.1) is 0 Å². The van der Waals surface area contributed by atoms with E-state index in [1.165, 1.54) is 5.56 Å². The number of aromatic nitrogens is 1. The van der Waals surface area contributed by atoms with Crippen molar-refractivity contribution in [2.45, 2.75) is 32.6 Å². The van der Waals surface area contributed by atoms with Crippen LogP contribution < -0.4 is 0 Å². The van der Waals surface area contributed by atoms with E-state index in [4.69, 9.17) is 4.98 Å². The number of rotatable bonds is 2. The summed E-state index contributed by atoms with van der Waals surface area (Å²) in [5.41, 5.74) is 3.73. The molecule has 0 amide bonds. The average molecular weight is 225 g/mol. The highest BCUT2D eigenvalue weighted by Gasteiger charge is 2.15. The third-order valence-corrected chi connectivity index (χ3v) is 2.80.